The summed E-state index contributed by atoms with van der Waals surface area (Å²) in [5.74, 6) is 0.805. The summed E-state index contributed by atoms with van der Waals surface area (Å²) in [5.41, 5.74) is 0. The van der Waals surface area contributed by atoms with Gasteiger partial charge in [0.05, 0.1) is 13.1 Å². The quantitative estimate of drug-likeness (QED) is 0.701. The van der Waals surface area contributed by atoms with Gasteiger partial charge in [0.1, 0.15) is 12.2 Å². The van der Waals surface area contributed by atoms with E-state index in [1.807, 2.05) is 18.5 Å². The smallest absolute Gasteiger partial charge is 0.233 e. The monoisotopic (exact) mass is 211 g/mol. The fourth-order valence-electron chi connectivity index (χ4n) is 1.21. The summed E-state index contributed by atoms with van der Waals surface area (Å²) in [6.07, 6.45) is 1.52. The molecule has 0 aliphatic heterocycles. The highest BCUT2D eigenvalue weighted by Gasteiger charge is 2.07. The second-order valence-corrected chi connectivity index (χ2v) is 3.49. The van der Waals surface area contributed by atoms with Gasteiger partial charge in [-0.3, -0.25) is 4.79 Å². The van der Waals surface area contributed by atoms with E-state index in [9.17, 15) is 4.79 Å². The summed E-state index contributed by atoms with van der Waals surface area (Å²) < 4.78 is 1.83. The number of likely N-dealkylation sites (N-methyl/N-ethyl adjacent to an activating group) is 1. The van der Waals surface area contributed by atoms with E-state index in [0.29, 0.717) is 13.1 Å². The predicted molar refractivity (Wildman–Crippen MR) is 56.2 cm³/mol. The summed E-state index contributed by atoms with van der Waals surface area (Å²) in [5, 5.41) is 9.64. The van der Waals surface area contributed by atoms with Gasteiger partial charge in [-0.1, -0.05) is 0 Å². The van der Waals surface area contributed by atoms with Crippen LogP contribution in [0.3, 0.4) is 0 Å². The van der Waals surface area contributed by atoms with Crippen LogP contribution >= 0.6 is 0 Å². The predicted octanol–water partition coefficient (Wildman–Crippen LogP) is -0.305. The maximum absolute atomic E-state index is 10.9. The summed E-state index contributed by atoms with van der Waals surface area (Å²) in [4.78, 5) is 15.1. The molecule has 0 radical (unpaired) electrons. The Morgan fingerprint density at radius 1 is 1.60 bits per heavy atom. The first-order valence-corrected chi connectivity index (χ1v) is 4.94. The number of rotatable bonds is 5. The van der Waals surface area contributed by atoms with E-state index < -0.39 is 0 Å². The van der Waals surface area contributed by atoms with Crippen LogP contribution in [0.4, 0.5) is 0 Å². The molecule has 0 spiro atoms. The Labute approximate surface area is 89.1 Å². The van der Waals surface area contributed by atoms with Crippen LogP contribution in [0.25, 0.3) is 0 Å². The normalized spacial score (nSPS) is 10.7. The van der Waals surface area contributed by atoms with E-state index >= 15 is 0 Å². The molecule has 0 aromatic carbocycles. The number of amides is 1. The van der Waals surface area contributed by atoms with E-state index in [0.717, 1.165) is 5.82 Å². The fourth-order valence-corrected chi connectivity index (χ4v) is 1.21. The van der Waals surface area contributed by atoms with Gasteiger partial charge in [-0.2, -0.15) is 5.10 Å². The molecule has 0 saturated carbocycles. The summed E-state index contributed by atoms with van der Waals surface area (Å²) in [6.45, 7) is 4.92. The lowest BCUT2D eigenvalue weighted by molar-refractivity contribution is -0.119. The highest BCUT2D eigenvalue weighted by Crippen LogP contribution is 2.04. The fraction of sp³-hybridized carbons (Fsp3) is 0.667. The molecule has 0 atom stereocenters. The third-order valence-electron chi connectivity index (χ3n) is 1.98. The molecule has 1 rings (SSSR count). The Hall–Kier alpha value is -1.43. The second kappa shape index (κ2) is 5.45. The van der Waals surface area contributed by atoms with E-state index in [-0.39, 0.29) is 11.9 Å². The van der Waals surface area contributed by atoms with Gasteiger partial charge in [-0.15, -0.1) is 0 Å². The zero-order chi connectivity index (χ0) is 11.3. The Bertz CT molecular complexity index is 320. The van der Waals surface area contributed by atoms with Crippen LogP contribution in [-0.4, -0.2) is 34.3 Å². The van der Waals surface area contributed by atoms with Crippen LogP contribution in [-0.2, 0) is 11.3 Å². The lowest BCUT2D eigenvalue weighted by Crippen LogP contribution is -2.31. The van der Waals surface area contributed by atoms with Crippen molar-refractivity contribution in [1.29, 1.82) is 0 Å². The third-order valence-corrected chi connectivity index (χ3v) is 1.98. The standard InChI is InChI=1S/C9H17N5O/c1-7(2)14-8(12-6-13-14)4-11-5-9(15)10-3/h6-7,11H,4-5H2,1-3H3,(H,10,15). The summed E-state index contributed by atoms with van der Waals surface area (Å²) in [6, 6.07) is 0.282. The molecule has 6 nitrogen and oxygen atoms in total. The molecule has 0 aliphatic rings. The second-order valence-electron chi connectivity index (χ2n) is 3.49. The lowest BCUT2D eigenvalue weighted by Gasteiger charge is -2.09. The first-order chi connectivity index (χ1) is 7.15. The Balaban J connectivity index is 2.43. The molecule has 1 aromatic rings. The molecule has 0 saturated heterocycles. The van der Waals surface area contributed by atoms with Gasteiger partial charge in [0.25, 0.3) is 0 Å². The molecule has 84 valence electrons. The maximum atomic E-state index is 10.9. The van der Waals surface area contributed by atoms with Crippen LogP contribution in [0.5, 0.6) is 0 Å². The number of hydrogen-bond acceptors (Lipinski definition) is 4. The number of nitrogens with one attached hydrogen (secondary N) is 2. The summed E-state index contributed by atoms with van der Waals surface area (Å²) >= 11 is 0. The minimum absolute atomic E-state index is 0.0365. The van der Waals surface area contributed by atoms with Crippen molar-refractivity contribution >= 4 is 5.91 Å². The molecule has 6 heteroatoms. The molecular formula is C9H17N5O. The molecule has 15 heavy (non-hydrogen) atoms. The molecule has 0 fully saturated rings. The van der Waals surface area contributed by atoms with Crippen molar-refractivity contribution in [2.45, 2.75) is 26.4 Å². The van der Waals surface area contributed by atoms with Gasteiger partial charge < -0.3 is 10.6 Å². The van der Waals surface area contributed by atoms with E-state index in [4.69, 9.17) is 0 Å². The molecule has 0 aliphatic carbocycles. The SMILES string of the molecule is CNC(=O)CNCc1ncnn1C(C)C. The van der Waals surface area contributed by atoms with E-state index in [1.165, 1.54) is 6.33 Å². The first kappa shape index (κ1) is 11.6. The third kappa shape index (κ3) is 3.32. The van der Waals surface area contributed by atoms with Crippen LogP contribution < -0.4 is 10.6 Å². The van der Waals surface area contributed by atoms with Crippen molar-refractivity contribution in [1.82, 2.24) is 25.4 Å². The molecule has 0 unspecified atom stereocenters. The first-order valence-electron chi connectivity index (χ1n) is 4.94. The molecule has 1 heterocycles. The zero-order valence-electron chi connectivity index (χ0n) is 9.32. The van der Waals surface area contributed by atoms with Gasteiger partial charge >= 0.3 is 0 Å². The van der Waals surface area contributed by atoms with Crippen molar-refractivity contribution in [3.05, 3.63) is 12.2 Å². The highest BCUT2D eigenvalue weighted by atomic mass is 16.1. The molecular weight excluding hydrogens is 194 g/mol. The van der Waals surface area contributed by atoms with Crippen molar-refractivity contribution in [3.63, 3.8) is 0 Å². The van der Waals surface area contributed by atoms with E-state index in [1.54, 1.807) is 7.05 Å². The van der Waals surface area contributed by atoms with Crippen LogP contribution in [0.15, 0.2) is 6.33 Å². The minimum atomic E-state index is -0.0365. The average molecular weight is 211 g/mol. The Morgan fingerprint density at radius 2 is 2.33 bits per heavy atom. The topological polar surface area (TPSA) is 71.8 Å². The number of hydrogen-bond donors (Lipinski definition) is 2. The molecule has 2 N–H and O–H groups in total. The zero-order valence-corrected chi connectivity index (χ0v) is 9.32. The Morgan fingerprint density at radius 3 is 2.93 bits per heavy atom. The minimum Gasteiger partial charge on any atom is -0.358 e. The largest absolute Gasteiger partial charge is 0.358 e. The van der Waals surface area contributed by atoms with Crippen LogP contribution in [0, 0.1) is 0 Å². The van der Waals surface area contributed by atoms with Crippen LogP contribution in [0.2, 0.25) is 0 Å². The Kier molecular flexibility index (Phi) is 4.23. The molecule has 0 bridgehead atoms. The van der Waals surface area contributed by atoms with Gasteiger partial charge in [0.15, 0.2) is 0 Å². The summed E-state index contributed by atoms with van der Waals surface area (Å²) in [7, 11) is 1.61. The number of carbonyl (C=O) groups excluding carboxylic acids is 1. The van der Waals surface area contributed by atoms with E-state index in [2.05, 4.69) is 20.7 Å². The average Bonchev–Trinajstić information content (AvgIpc) is 2.65. The van der Waals surface area contributed by atoms with Crippen LogP contribution in [0.1, 0.15) is 25.7 Å². The maximum Gasteiger partial charge on any atom is 0.233 e. The van der Waals surface area contributed by atoms with Crippen molar-refractivity contribution in [3.8, 4) is 0 Å². The lowest BCUT2D eigenvalue weighted by atomic mass is 10.4. The van der Waals surface area contributed by atoms with Crippen molar-refractivity contribution in [2.75, 3.05) is 13.6 Å². The van der Waals surface area contributed by atoms with Gasteiger partial charge in [0, 0.05) is 13.1 Å². The van der Waals surface area contributed by atoms with Gasteiger partial charge in [-0.25, -0.2) is 9.67 Å². The molecule has 1 amide bonds. The number of aromatic nitrogens is 3. The van der Waals surface area contributed by atoms with Gasteiger partial charge in [0.2, 0.25) is 5.91 Å². The van der Waals surface area contributed by atoms with Crippen molar-refractivity contribution < 1.29 is 4.79 Å². The highest BCUT2D eigenvalue weighted by molar-refractivity contribution is 5.77. The number of carbonyl (C=O) groups is 1. The number of nitrogens with zero attached hydrogens (tertiary/aromatic N) is 3. The van der Waals surface area contributed by atoms with Gasteiger partial charge in [-0.05, 0) is 13.8 Å². The van der Waals surface area contributed by atoms with Crippen molar-refractivity contribution in [2.24, 2.45) is 0 Å². The molecule has 1 aromatic heterocycles.